The number of aryl methyl sites for hydroxylation is 1. The maximum Gasteiger partial charge on any atom is 0.401 e. The van der Waals surface area contributed by atoms with Gasteiger partial charge in [0.05, 0.1) is 12.1 Å². The fraction of sp³-hybridized carbons (Fsp3) is 0.471. The molecule has 7 heteroatoms. The Balaban J connectivity index is 1.58. The number of carbonyl (C=O) groups excluding carboxylic acids is 1. The molecule has 0 bridgehead atoms. The van der Waals surface area contributed by atoms with E-state index in [1.807, 2.05) is 35.9 Å². The van der Waals surface area contributed by atoms with Crippen LogP contribution in [0.25, 0.3) is 10.9 Å². The zero-order valence-electron chi connectivity index (χ0n) is 13.4. The van der Waals surface area contributed by atoms with Crippen LogP contribution >= 0.6 is 0 Å². The predicted molar refractivity (Wildman–Crippen MR) is 85.9 cm³/mol. The van der Waals surface area contributed by atoms with Crippen LogP contribution in [0.3, 0.4) is 0 Å². The number of alkyl halides is 3. The Bertz CT molecular complexity index is 738. The summed E-state index contributed by atoms with van der Waals surface area (Å²) in [7, 11) is 1.88. The quantitative estimate of drug-likeness (QED) is 0.930. The van der Waals surface area contributed by atoms with Crippen LogP contribution in [-0.2, 0) is 7.05 Å². The van der Waals surface area contributed by atoms with Gasteiger partial charge >= 0.3 is 6.18 Å². The second-order valence-electron chi connectivity index (χ2n) is 6.39. The van der Waals surface area contributed by atoms with Gasteiger partial charge in [0.2, 0.25) is 0 Å². The highest BCUT2D eigenvalue weighted by Crippen LogP contribution is 2.23. The Hall–Kier alpha value is -2.02. The fourth-order valence-corrected chi connectivity index (χ4v) is 3.33. The van der Waals surface area contributed by atoms with E-state index in [0.717, 1.165) is 10.9 Å². The number of carbonyl (C=O) groups is 1. The van der Waals surface area contributed by atoms with Crippen molar-refractivity contribution in [2.75, 3.05) is 26.2 Å². The maximum atomic E-state index is 12.4. The van der Waals surface area contributed by atoms with Gasteiger partial charge in [-0.15, -0.1) is 0 Å². The van der Waals surface area contributed by atoms with Crippen LogP contribution in [0.5, 0.6) is 0 Å². The van der Waals surface area contributed by atoms with Crippen molar-refractivity contribution < 1.29 is 18.0 Å². The normalized spacial score (nSPS) is 19.1. The minimum absolute atomic E-state index is 0.0614. The molecule has 3 rings (SSSR count). The van der Waals surface area contributed by atoms with E-state index in [-0.39, 0.29) is 11.8 Å². The van der Waals surface area contributed by atoms with Gasteiger partial charge in [0.1, 0.15) is 0 Å². The molecule has 1 aliphatic heterocycles. The Labute approximate surface area is 138 Å². The lowest BCUT2D eigenvalue weighted by Gasteiger charge is -2.18. The SMILES string of the molecule is Cn1cc(C(=O)NC[C@H]2CCN(CC(F)(F)F)C2)c2ccccc21. The van der Waals surface area contributed by atoms with Crippen molar-refractivity contribution in [3.63, 3.8) is 0 Å². The summed E-state index contributed by atoms with van der Waals surface area (Å²) in [5, 5.41) is 3.75. The molecule has 0 unspecified atom stereocenters. The van der Waals surface area contributed by atoms with Crippen LogP contribution in [0, 0.1) is 5.92 Å². The van der Waals surface area contributed by atoms with E-state index in [2.05, 4.69) is 5.32 Å². The number of nitrogens with zero attached hydrogens (tertiary/aromatic N) is 2. The Morgan fingerprint density at radius 2 is 2.08 bits per heavy atom. The summed E-state index contributed by atoms with van der Waals surface area (Å²) in [5.74, 6) is -0.118. The minimum Gasteiger partial charge on any atom is -0.352 e. The molecule has 130 valence electrons. The molecule has 4 nitrogen and oxygen atoms in total. The molecule has 24 heavy (non-hydrogen) atoms. The van der Waals surface area contributed by atoms with E-state index in [1.54, 1.807) is 6.20 Å². The van der Waals surface area contributed by atoms with Crippen LogP contribution in [0.15, 0.2) is 30.5 Å². The second-order valence-corrected chi connectivity index (χ2v) is 6.39. The number of benzene rings is 1. The third-order valence-electron chi connectivity index (χ3n) is 4.47. The average Bonchev–Trinajstić information content (AvgIpc) is 3.08. The van der Waals surface area contributed by atoms with E-state index in [1.165, 1.54) is 4.90 Å². The number of rotatable bonds is 4. The van der Waals surface area contributed by atoms with Gasteiger partial charge < -0.3 is 9.88 Å². The number of hydrogen-bond donors (Lipinski definition) is 1. The van der Waals surface area contributed by atoms with Gasteiger partial charge in [-0.3, -0.25) is 9.69 Å². The Morgan fingerprint density at radius 1 is 1.33 bits per heavy atom. The summed E-state index contributed by atoms with van der Waals surface area (Å²) in [5.41, 5.74) is 1.57. The molecular formula is C17H20F3N3O. The number of amides is 1. The van der Waals surface area contributed by atoms with Crippen LogP contribution in [0.4, 0.5) is 13.2 Å². The van der Waals surface area contributed by atoms with Crippen molar-refractivity contribution in [3.05, 3.63) is 36.0 Å². The summed E-state index contributed by atoms with van der Waals surface area (Å²) < 4.78 is 39.1. The molecule has 2 heterocycles. The molecule has 1 amide bonds. The highest BCUT2D eigenvalue weighted by atomic mass is 19.4. The summed E-state index contributed by atoms with van der Waals surface area (Å²) in [6, 6.07) is 7.63. The lowest BCUT2D eigenvalue weighted by molar-refractivity contribution is -0.143. The van der Waals surface area contributed by atoms with Crippen molar-refractivity contribution in [3.8, 4) is 0 Å². The maximum absolute atomic E-state index is 12.4. The first-order chi connectivity index (χ1) is 11.3. The first-order valence-electron chi connectivity index (χ1n) is 7.95. The summed E-state index contributed by atoms with van der Waals surface area (Å²) in [4.78, 5) is 13.8. The van der Waals surface area contributed by atoms with E-state index in [9.17, 15) is 18.0 Å². The molecule has 2 aromatic rings. The molecule has 1 N–H and O–H groups in total. The molecule has 1 atom stereocenters. The van der Waals surface area contributed by atoms with Gasteiger partial charge in [-0.2, -0.15) is 13.2 Å². The number of likely N-dealkylation sites (tertiary alicyclic amines) is 1. The number of para-hydroxylation sites is 1. The second kappa shape index (κ2) is 6.47. The van der Waals surface area contributed by atoms with Gasteiger partial charge in [-0.05, 0) is 24.9 Å². The molecule has 1 aromatic heterocycles. The number of hydrogen-bond acceptors (Lipinski definition) is 2. The molecule has 1 aromatic carbocycles. The highest BCUT2D eigenvalue weighted by Gasteiger charge is 2.34. The van der Waals surface area contributed by atoms with Crippen molar-refractivity contribution in [1.82, 2.24) is 14.8 Å². The fourth-order valence-electron chi connectivity index (χ4n) is 3.33. The van der Waals surface area contributed by atoms with E-state index in [0.29, 0.717) is 31.6 Å². The third kappa shape index (κ3) is 3.72. The van der Waals surface area contributed by atoms with Crippen LogP contribution in [0.1, 0.15) is 16.8 Å². The van der Waals surface area contributed by atoms with Gasteiger partial charge in [-0.25, -0.2) is 0 Å². The number of aromatic nitrogens is 1. The van der Waals surface area contributed by atoms with Crippen molar-refractivity contribution in [2.24, 2.45) is 13.0 Å². The predicted octanol–water partition coefficient (Wildman–Crippen LogP) is 2.79. The van der Waals surface area contributed by atoms with Crippen molar-refractivity contribution in [1.29, 1.82) is 0 Å². The Kier molecular flexibility index (Phi) is 4.54. The van der Waals surface area contributed by atoms with E-state index in [4.69, 9.17) is 0 Å². The first-order valence-corrected chi connectivity index (χ1v) is 7.95. The number of nitrogens with one attached hydrogen (secondary N) is 1. The molecule has 0 radical (unpaired) electrons. The highest BCUT2D eigenvalue weighted by molar-refractivity contribution is 6.06. The zero-order chi connectivity index (χ0) is 17.3. The average molecular weight is 339 g/mol. The lowest BCUT2D eigenvalue weighted by Crippen LogP contribution is -2.34. The van der Waals surface area contributed by atoms with Gasteiger partial charge in [0.25, 0.3) is 5.91 Å². The van der Waals surface area contributed by atoms with E-state index >= 15 is 0 Å². The van der Waals surface area contributed by atoms with Crippen LogP contribution in [-0.4, -0.2) is 47.7 Å². The third-order valence-corrected chi connectivity index (χ3v) is 4.47. The summed E-state index contributed by atoms with van der Waals surface area (Å²) in [6.07, 6.45) is -1.71. The molecule has 1 saturated heterocycles. The molecule has 1 aliphatic rings. The molecular weight excluding hydrogens is 319 g/mol. The van der Waals surface area contributed by atoms with Gasteiger partial charge in [0, 0.05) is 37.2 Å². The van der Waals surface area contributed by atoms with Crippen LogP contribution < -0.4 is 5.32 Å². The smallest absolute Gasteiger partial charge is 0.352 e. The molecule has 0 spiro atoms. The molecule has 1 fully saturated rings. The van der Waals surface area contributed by atoms with Gasteiger partial charge in [-0.1, -0.05) is 18.2 Å². The topological polar surface area (TPSA) is 37.3 Å². The van der Waals surface area contributed by atoms with Crippen molar-refractivity contribution in [2.45, 2.75) is 12.6 Å². The number of fused-ring (bicyclic) bond motifs is 1. The van der Waals surface area contributed by atoms with Crippen molar-refractivity contribution >= 4 is 16.8 Å². The van der Waals surface area contributed by atoms with Gasteiger partial charge in [0.15, 0.2) is 0 Å². The standard InChI is InChI=1S/C17H20F3N3O/c1-22-10-14(13-4-2-3-5-15(13)22)16(24)21-8-12-6-7-23(9-12)11-17(18,19)20/h2-5,10,12H,6-9,11H2,1H3,(H,21,24)/t12-/m1/s1. The zero-order valence-corrected chi connectivity index (χ0v) is 13.4. The number of halogens is 3. The monoisotopic (exact) mass is 339 g/mol. The van der Waals surface area contributed by atoms with Crippen LogP contribution in [0.2, 0.25) is 0 Å². The largest absolute Gasteiger partial charge is 0.401 e. The summed E-state index contributed by atoms with van der Waals surface area (Å²) >= 11 is 0. The minimum atomic E-state index is -4.17. The molecule has 0 aliphatic carbocycles. The Morgan fingerprint density at radius 3 is 2.83 bits per heavy atom. The first kappa shape index (κ1) is 16.8. The lowest BCUT2D eigenvalue weighted by atomic mass is 10.1. The van der Waals surface area contributed by atoms with E-state index < -0.39 is 12.7 Å². The molecule has 0 saturated carbocycles. The summed E-state index contributed by atoms with van der Waals surface area (Å²) in [6.45, 7) is 0.320.